The van der Waals surface area contributed by atoms with E-state index in [1.54, 1.807) is 0 Å². The van der Waals surface area contributed by atoms with Crippen LogP contribution in [0.25, 0.3) is 0 Å². The van der Waals surface area contributed by atoms with Crippen molar-refractivity contribution in [2.45, 2.75) is 37.2 Å². The molecule has 0 saturated heterocycles. The van der Waals surface area contributed by atoms with Crippen LogP contribution in [0, 0.1) is 11.3 Å². The van der Waals surface area contributed by atoms with Crippen molar-refractivity contribution in [3.8, 4) is 6.07 Å². The van der Waals surface area contributed by atoms with Gasteiger partial charge in [0.1, 0.15) is 5.54 Å². The van der Waals surface area contributed by atoms with Crippen molar-refractivity contribution in [2.24, 2.45) is 0 Å². The van der Waals surface area contributed by atoms with E-state index in [0.29, 0.717) is 31.4 Å². The van der Waals surface area contributed by atoms with Crippen LogP contribution in [0.5, 0.6) is 0 Å². The summed E-state index contributed by atoms with van der Waals surface area (Å²) in [5.41, 5.74) is -5.05. The quantitative estimate of drug-likeness (QED) is 0.749. The van der Waals surface area contributed by atoms with E-state index in [1.807, 2.05) is 6.07 Å². The fraction of sp³-hybridized carbons (Fsp3) is 0.467. The van der Waals surface area contributed by atoms with Crippen molar-refractivity contribution in [1.29, 1.82) is 5.26 Å². The third-order valence-electron chi connectivity index (χ3n) is 4.17. The van der Waals surface area contributed by atoms with Gasteiger partial charge < -0.3 is 4.90 Å². The van der Waals surface area contributed by atoms with E-state index < -0.39 is 40.5 Å². The summed E-state index contributed by atoms with van der Waals surface area (Å²) in [5, 5.41) is 9.17. The standard InChI is InChI=1S/C15H12F6N2O/c1-23(13(8-22)3-2-4-13)12(24)9-5-10(14(16,17)18)7-11(6-9)15(19,20)21/h5-7H,2-4H2,1H3. The highest BCUT2D eigenvalue weighted by molar-refractivity contribution is 5.95. The molecule has 0 radical (unpaired) electrons. The van der Waals surface area contributed by atoms with Crippen LogP contribution in [-0.4, -0.2) is 23.4 Å². The first-order valence-corrected chi connectivity index (χ1v) is 6.90. The zero-order valence-electron chi connectivity index (χ0n) is 12.4. The first-order valence-electron chi connectivity index (χ1n) is 6.90. The maximum Gasteiger partial charge on any atom is 0.416 e. The molecular weight excluding hydrogens is 338 g/mol. The molecule has 1 aliphatic carbocycles. The minimum atomic E-state index is -5.03. The summed E-state index contributed by atoms with van der Waals surface area (Å²) >= 11 is 0. The summed E-state index contributed by atoms with van der Waals surface area (Å²) in [6.07, 6.45) is -8.74. The molecule has 0 aromatic heterocycles. The highest BCUT2D eigenvalue weighted by Gasteiger charge is 2.44. The van der Waals surface area contributed by atoms with Crippen LogP contribution in [-0.2, 0) is 12.4 Å². The average molecular weight is 350 g/mol. The number of halogens is 6. The van der Waals surface area contributed by atoms with Gasteiger partial charge in [0.2, 0.25) is 0 Å². The lowest BCUT2D eigenvalue weighted by Gasteiger charge is -2.43. The number of benzene rings is 1. The molecule has 0 heterocycles. The molecule has 1 aromatic rings. The van der Waals surface area contributed by atoms with E-state index in [9.17, 15) is 31.1 Å². The smallest absolute Gasteiger partial charge is 0.323 e. The van der Waals surface area contributed by atoms with Crippen molar-refractivity contribution in [2.75, 3.05) is 7.05 Å². The molecule has 1 aliphatic rings. The normalized spacial score (nSPS) is 16.9. The molecule has 0 atom stereocenters. The Morgan fingerprint density at radius 1 is 1.08 bits per heavy atom. The van der Waals surface area contributed by atoms with Crippen molar-refractivity contribution < 1.29 is 31.1 Å². The van der Waals surface area contributed by atoms with Gasteiger partial charge in [0.05, 0.1) is 17.2 Å². The second kappa shape index (κ2) is 5.69. The molecule has 2 rings (SSSR count). The Labute approximate surface area is 133 Å². The third kappa shape index (κ3) is 3.18. The Bertz CT molecular complexity index is 665. The van der Waals surface area contributed by atoms with Crippen molar-refractivity contribution in [3.05, 3.63) is 34.9 Å². The SMILES string of the molecule is CN(C(=O)c1cc(C(F)(F)F)cc(C(F)(F)F)c1)C1(C#N)CCC1. The Morgan fingerprint density at radius 2 is 1.54 bits per heavy atom. The third-order valence-corrected chi connectivity index (χ3v) is 4.17. The Kier molecular flexibility index (Phi) is 4.29. The molecule has 1 fully saturated rings. The second-order valence-electron chi connectivity index (χ2n) is 5.66. The fourth-order valence-corrected chi connectivity index (χ4v) is 2.50. The van der Waals surface area contributed by atoms with E-state index in [4.69, 9.17) is 5.26 Å². The van der Waals surface area contributed by atoms with Crippen molar-refractivity contribution >= 4 is 5.91 Å². The predicted octanol–water partition coefficient (Wildman–Crippen LogP) is 4.24. The Balaban J connectivity index is 2.49. The number of nitrogens with zero attached hydrogens (tertiary/aromatic N) is 2. The van der Waals surface area contributed by atoms with Crippen LogP contribution >= 0.6 is 0 Å². The van der Waals surface area contributed by atoms with Crippen molar-refractivity contribution in [3.63, 3.8) is 0 Å². The zero-order chi connectivity index (χ0) is 18.3. The van der Waals surface area contributed by atoms with Gasteiger partial charge in [-0.15, -0.1) is 0 Å². The first kappa shape index (κ1) is 18.1. The van der Waals surface area contributed by atoms with E-state index in [0.717, 1.165) is 4.90 Å². The molecule has 9 heteroatoms. The maximum absolute atomic E-state index is 12.8. The average Bonchev–Trinajstić information content (AvgIpc) is 2.43. The molecule has 1 aromatic carbocycles. The summed E-state index contributed by atoms with van der Waals surface area (Å²) in [6, 6.07) is 2.62. The van der Waals surface area contributed by atoms with E-state index in [-0.39, 0.29) is 6.07 Å². The monoisotopic (exact) mass is 350 g/mol. The van der Waals surface area contributed by atoms with Crippen LogP contribution in [0.15, 0.2) is 18.2 Å². The molecular formula is C15H12F6N2O. The number of rotatable bonds is 2. The first-order chi connectivity index (χ1) is 10.9. The number of hydrogen-bond donors (Lipinski definition) is 0. The molecule has 0 bridgehead atoms. The van der Waals surface area contributed by atoms with Crippen LogP contribution in [0.4, 0.5) is 26.3 Å². The molecule has 0 unspecified atom stereocenters. The van der Waals surface area contributed by atoms with Gasteiger partial charge in [-0.25, -0.2) is 0 Å². The van der Waals surface area contributed by atoms with Crippen LogP contribution < -0.4 is 0 Å². The number of alkyl halides is 6. The minimum absolute atomic E-state index is 0.0415. The van der Waals surface area contributed by atoms with Gasteiger partial charge >= 0.3 is 12.4 Å². The molecule has 1 saturated carbocycles. The van der Waals surface area contributed by atoms with Gasteiger partial charge in [-0.05, 0) is 37.5 Å². The largest absolute Gasteiger partial charge is 0.416 e. The fourth-order valence-electron chi connectivity index (χ4n) is 2.50. The number of carbonyl (C=O) groups is 1. The van der Waals surface area contributed by atoms with Gasteiger partial charge in [-0.3, -0.25) is 4.79 Å². The molecule has 0 aliphatic heterocycles. The Hall–Kier alpha value is -2.24. The van der Waals surface area contributed by atoms with Gasteiger partial charge in [0.25, 0.3) is 5.91 Å². The molecule has 3 nitrogen and oxygen atoms in total. The lowest BCUT2D eigenvalue weighted by Crippen LogP contribution is -2.53. The van der Waals surface area contributed by atoms with Crippen LogP contribution in [0.3, 0.4) is 0 Å². The summed E-state index contributed by atoms with van der Waals surface area (Å²) < 4.78 is 77.0. The van der Waals surface area contributed by atoms with Crippen molar-refractivity contribution in [1.82, 2.24) is 4.90 Å². The predicted molar refractivity (Wildman–Crippen MR) is 70.7 cm³/mol. The van der Waals surface area contributed by atoms with Gasteiger partial charge in [-0.2, -0.15) is 31.6 Å². The zero-order valence-corrected chi connectivity index (χ0v) is 12.4. The molecule has 1 amide bonds. The molecule has 0 spiro atoms. The number of amides is 1. The number of hydrogen-bond acceptors (Lipinski definition) is 2. The highest BCUT2D eigenvalue weighted by Crippen LogP contribution is 2.39. The summed E-state index contributed by atoms with van der Waals surface area (Å²) in [5.74, 6) is -1.05. The number of nitriles is 1. The van der Waals surface area contributed by atoms with E-state index >= 15 is 0 Å². The van der Waals surface area contributed by atoms with E-state index in [2.05, 4.69) is 0 Å². The van der Waals surface area contributed by atoms with Crippen LogP contribution in [0.1, 0.15) is 40.7 Å². The summed E-state index contributed by atoms with van der Waals surface area (Å²) in [6.45, 7) is 0. The van der Waals surface area contributed by atoms with Crippen LogP contribution in [0.2, 0.25) is 0 Å². The second-order valence-corrected chi connectivity index (χ2v) is 5.66. The molecule has 130 valence electrons. The maximum atomic E-state index is 12.8. The number of carbonyl (C=O) groups excluding carboxylic acids is 1. The van der Waals surface area contributed by atoms with Gasteiger partial charge in [0, 0.05) is 12.6 Å². The summed E-state index contributed by atoms with van der Waals surface area (Å²) in [7, 11) is 1.21. The van der Waals surface area contributed by atoms with Gasteiger partial charge in [0.15, 0.2) is 0 Å². The lowest BCUT2D eigenvalue weighted by atomic mass is 9.76. The summed E-state index contributed by atoms with van der Waals surface area (Å²) in [4.78, 5) is 13.3. The molecule has 0 N–H and O–H groups in total. The molecule has 24 heavy (non-hydrogen) atoms. The topological polar surface area (TPSA) is 44.1 Å². The van der Waals surface area contributed by atoms with E-state index in [1.165, 1.54) is 7.05 Å². The highest BCUT2D eigenvalue weighted by atomic mass is 19.4. The van der Waals surface area contributed by atoms with Gasteiger partial charge in [-0.1, -0.05) is 0 Å². The lowest BCUT2D eigenvalue weighted by molar-refractivity contribution is -0.143. The Morgan fingerprint density at radius 3 is 1.83 bits per heavy atom. The minimum Gasteiger partial charge on any atom is -0.323 e.